The molecule has 0 unspecified atom stereocenters. The first-order valence-electron chi connectivity index (χ1n) is 12.2. The minimum Gasteiger partial charge on any atom is -0.494 e. The number of fused-ring (bicyclic) bond motifs is 2. The molecule has 0 bridgehead atoms. The summed E-state index contributed by atoms with van der Waals surface area (Å²) in [6.45, 7) is 4.56. The van der Waals surface area contributed by atoms with Gasteiger partial charge in [0.15, 0.2) is 11.6 Å². The van der Waals surface area contributed by atoms with Crippen LogP contribution in [-0.2, 0) is 0 Å². The first kappa shape index (κ1) is 24.5. The second-order valence-electron chi connectivity index (χ2n) is 9.13. The summed E-state index contributed by atoms with van der Waals surface area (Å²) < 4.78 is 5.61. The number of hydrogen-bond acceptors (Lipinski definition) is 5. The third-order valence-electron chi connectivity index (χ3n) is 6.82. The second kappa shape index (κ2) is 10.3. The molecule has 5 heteroatoms. The Balaban J connectivity index is 0.00000180. The number of anilines is 3. The quantitative estimate of drug-likeness (QED) is 0.303. The molecule has 184 valence electrons. The molecule has 0 aromatic heterocycles. The predicted molar refractivity (Wildman–Crippen MR) is 145 cm³/mol. The predicted octanol–water partition coefficient (Wildman–Crippen LogP) is 7.54. The molecule has 0 heterocycles. The van der Waals surface area contributed by atoms with Gasteiger partial charge < -0.3 is 15.4 Å². The number of aryl methyl sites for hydroxylation is 1. The fourth-order valence-corrected chi connectivity index (χ4v) is 5.09. The van der Waals surface area contributed by atoms with Crippen molar-refractivity contribution in [2.24, 2.45) is 0 Å². The van der Waals surface area contributed by atoms with Crippen LogP contribution in [0.1, 0.15) is 85.3 Å². The molecule has 0 radical (unpaired) electrons. The number of hydrogen-bond donors (Lipinski definition) is 2. The molecule has 5 rings (SSSR count). The van der Waals surface area contributed by atoms with Gasteiger partial charge in [-0.05, 0) is 62.6 Å². The van der Waals surface area contributed by atoms with Gasteiger partial charge in [0.2, 0.25) is 0 Å². The molecule has 3 aromatic rings. The smallest absolute Gasteiger partial charge is 0.196 e. The van der Waals surface area contributed by atoms with Crippen molar-refractivity contribution in [2.75, 3.05) is 17.2 Å². The van der Waals surface area contributed by atoms with Gasteiger partial charge in [0.05, 0.1) is 23.4 Å². The topological polar surface area (TPSA) is 67.4 Å². The Morgan fingerprint density at radius 1 is 0.857 bits per heavy atom. The largest absolute Gasteiger partial charge is 0.494 e. The van der Waals surface area contributed by atoms with Crippen molar-refractivity contribution in [3.05, 3.63) is 82.4 Å². The molecular formula is C30H36N2O3. The van der Waals surface area contributed by atoms with Gasteiger partial charge in [-0.15, -0.1) is 0 Å². The van der Waals surface area contributed by atoms with Crippen LogP contribution < -0.4 is 15.4 Å². The SMILES string of the molecule is C.CCOc1ccc(Nc2ccc(NC3CCCCC3)c3c2C(=O)c2ccccc2C3=O)c(C)c1.[HH]. The Morgan fingerprint density at radius 2 is 1.46 bits per heavy atom. The van der Waals surface area contributed by atoms with E-state index in [-0.39, 0.29) is 20.4 Å². The van der Waals surface area contributed by atoms with Gasteiger partial charge in [0.25, 0.3) is 0 Å². The van der Waals surface area contributed by atoms with Crippen molar-refractivity contribution < 1.29 is 15.8 Å². The zero-order valence-electron chi connectivity index (χ0n) is 19.7. The average Bonchev–Trinajstić information content (AvgIpc) is 2.85. The van der Waals surface area contributed by atoms with Gasteiger partial charge in [-0.25, -0.2) is 0 Å². The molecule has 1 fully saturated rings. The Bertz CT molecular complexity index is 1270. The molecule has 2 aliphatic rings. The molecule has 35 heavy (non-hydrogen) atoms. The number of ether oxygens (including phenoxy) is 1. The first-order chi connectivity index (χ1) is 16.6. The van der Waals surface area contributed by atoms with Crippen molar-refractivity contribution in [3.63, 3.8) is 0 Å². The van der Waals surface area contributed by atoms with Crippen LogP contribution in [0.3, 0.4) is 0 Å². The van der Waals surface area contributed by atoms with E-state index in [4.69, 9.17) is 4.74 Å². The van der Waals surface area contributed by atoms with Gasteiger partial charge in [-0.3, -0.25) is 9.59 Å². The van der Waals surface area contributed by atoms with Crippen LogP contribution in [0.25, 0.3) is 0 Å². The standard InChI is InChI=1S/C29H30N2O3.CH4.H2/c1-3-34-20-13-14-23(18(2)17-20)31-25-16-15-24(30-19-9-5-4-6-10-19)26-27(25)29(33)22-12-8-7-11-21(22)28(26)32;;/h7-8,11-17,19,30-31H,3-6,9-10H2,1-2H3;1H4;1H. The van der Waals surface area contributed by atoms with E-state index in [0.29, 0.717) is 40.6 Å². The molecule has 2 aliphatic carbocycles. The maximum Gasteiger partial charge on any atom is 0.196 e. The van der Waals surface area contributed by atoms with E-state index in [0.717, 1.165) is 35.5 Å². The highest BCUT2D eigenvalue weighted by molar-refractivity contribution is 6.32. The van der Waals surface area contributed by atoms with Gasteiger partial charge >= 0.3 is 0 Å². The monoisotopic (exact) mass is 472 g/mol. The lowest BCUT2D eigenvalue weighted by Crippen LogP contribution is -2.27. The van der Waals surface area contributed by atoms with Gasteiger partial charge in [-0.2, -0.15) is 0 Å². The van der Waals surface area contributed by atoms with Gasteiger partial charge in [0.1, 0.15) is 5.75 Å². The van der Waals surface area contributed by atoms with E-state index in [9.17, 15) is 9.59 Å². The summed E-state index contributed by atoms with van der Waals surface area (Å²) in [4.78, 5) is 27.4. The molecule has 0 amide bonds. The van der Waals surface area contributed by atoms with Crippen molar-refractivity contribution in [1.82, 2.24) is 0 Å². The van der Waals surface area contributed by atoms with Gasteiger partial charge in [0, 0.05) is 30.0 Å². The Hall–Kier alpha value is -3.60. The lowest BCUT2D eigenvalue weighted by Gasteiger charge is -2.28. The molecule has 0 atom stereocenters. The first-order valence-corrected chi connectivity index (χ1v) is 12.2. The normalized spacial score (nSPS) is 15.0. The molecule has 0 saturated heterocycles. The fourth-order valence-electron chi connectivity index (χ4n) is 5.09. The minimum absolute atomic E-state index is 0. The van der Waals surface area contributed by atoms with Crippen LogP contribution in [0.2, 0.25) is 0 Å². The lowest BCUT2D eigenvalue weighted by atomic mass is 9.82. The average molecular weight is 473 g/mol. The van der Waals surface area contributed by atoms with Crippen LogP contribution in [0, 0.1) is 6.92 Å². The summed E-state index contributed by atoms with van der Waals surface area (Å²) in [5.41, 5.74) is 5.12. The molecule has 0 spiro atoms. The maximum absolute atomic E-state index is 13.7. The second-order valence-corrected chi connectivity index (χ2v) is 9.13. The molecule has 3 aromatic carbocycles. The number of carbonyl (C=O) groups excluding carboxylic acids is 2. The molecular weight excluding hydrogens is 436 g/mol. The Labute approximate surface area is 209 Å². The maximum atomic E-state index is 13.7. The lowest BCUT2D eigenvalue weighted by molar-refractivity contribution is 0.0980. The number of rotatable bonds is 6. The van der Waals surface area contributed by atoms with E-state index in [2.05, 4.69) is 10.6 Å². The molecule has 1 saturated carbocycles. The molecule has 2 N–H and O–H groups in total. The Kier molecular flexibility index (Phi) is 7.25. The highest BCUT2D eigenvalue weighted by Gasteiger charge is 2.34. The van der Waals surface area contributed by atoms with Crippen LogP contribution in [0.4, 0.5) is 17.1 Å². The van der Waals surface area contributed by atoms with Crippen molar-refractivity contribution >= 4 is 28.6 Å². The summed E-state index contributed by atoms with van der Waals surface area (Å²) in [6, 6.07) is 17.1. The summed E-state index contributed by atoms with van der Waals surface area (Å²) in [6.07, 6.45) is 5.79. The number of carbonyl (C=O) groups is 2. The van der Waals surface area contributed by atoms with E-state index >= 15 is 0 Å². The summed E-state index contributed by atoms with van der Waals surface area (Å²) in [5.74, 6) is 0.582. The zero-order chi connectivity index (χ0) is 23.7. The third-order valence-corrected chi connectivity index (χ3v) is 6.82. The van der Waals surface area contributed by atoms with Crippen LogP contribution >= 0.6 is 0 Å². The number of ketones is 2. The van der Waals surface area contributed by atoms with Crippen LogP contribution in [-0.4, -0.2) is 24.2 Å². The Morgan fingerprint density at radius 3 is 2.09 bits per heavy atom. The number of nitrogens with one attached hydrogen (secondary N) is 2. The zero-order valence-corrected chi connectivity index (χ0v) is 19.7. The van der Waals surface area contributed by atoms with E-state index < -0.39 is 0 Å². The minimum atomic E-state index is -0.122. The fraction of sp³-hybridized carbons (Fsp3) is 0.333. The molecule has 0 aliphatic heterocycles. The third kappa shape index (κ3) is 4.68. The summed E-state index contributed by atoms with van der Waals surface area (Å²) in [7, 11) is 0. The molecule has 5 nitrogen and oxygen atoms in total. The summed E-state index contributed by atoms with van der Waals surface area (Å²) >= 11 is 0. The van der Waals surface area contributed by atoms with Crippen LogP contribution in [0.5, 0.6) is 5.75 Å². The highest BCUT2D eigenvalue weighted by Crippen LogP contribution is 2.39. The van der Waals surface area contributed by atoms with E-state index in [1.807, 2.05) is 56.3 Å². The van der Waals surface area contributed by atoms with E-state index in [1.165, 1.54) is 19.3 Å². The van der Waals surface area contributed by atoms with Crippen molar-refractivity contribution in [3.8, 4) is 5.75 Å². The highest BCUT2D eigenvalue weighted by atomic mass is 16.5. The van der Waals surface area contributed by atoms with Crippen molar-refractivity contribution in [2.45, 2.75) is 59.4 Å². The van der Waals surface area contributed by atoms with Crippen LogP contribution in [0.15, 0.2) is 54.6 Å². The summed E-state index contributed by atoms with van der Waals surface area (Å²) in [5, 5.41) is 7.02. The van der Waals surface area contributed by atoms with Crippen molar-refractivity contribution in [1.29, 1.82) is 0 Å². The number of benzene rings is 3. The van der Waals surface area contributed by atoms with E-state index in [1.54, 1.807) is 12.1 Å². The van der Waals surface area contributed by atoms with Gasteiger partial charge in [-0.1, -0.05) is 51.0 Å².